The summed E-state index contributed by atoms with van der Waals surface area (Å²) in [4.78, 5) is 29.1. The quantitative estimate of drug-likeness (QED) is 0.308. The fraction of sp³-hybridized carbons (Fsp3) is 0.292. The number of anilines is 2. The monoisotopic (exact) mass is 565 g/mol. The van der Waals surface area contributed by atoms with Crippen molar-refractivity contribution in [1.29, 1.82) is 0 Å². The molecular weight excluding hydrogens is 543 g/mol. The van der Waals surface area contributed by atoms with Crippen LogP contribution in [0.1, 0.15) is 19.0 Å². The van der Waals surface area contributed by atoms with E-state index in [-0.39, 0.29) is 29.5 Å². The number of aryl methyl sites for hydroxylation is 1. The van der Waals surface area contributed by atoms with Gasteiger partial charge in [0, 0.05) is 5.69 Å². The van der Waals surface area contributed by atoms with Gasteiger partial charge in [0.25, 0.3) is 11.6 Å². The largest absolute Gasteiger partial charge is 0.573 e. The molecule has 1 aromatic heterocycles. The Hall–Kier alpha value is -4.40. The molecule has 1 aliphatic rings. The van der Waals surface area contributed by atoms with E-state index >= 15 is 0 Å². The predicted molar refractivity (Wildman–Crippen MR) is 131 cm³/mol. The number of thiocarbonyl (C=S) groups is 1. The van der Waals surface area contributed by atoms with E-state index in [1.807, 2.05) is 6.92 Å². The number of ether oxygens (including phenoxy) is 2. The minimum atomic E-state index is -4.85. The first kappa shape index (κ1) is 27.6. The minimum Gasteiger partial charge on any atom is -0.539 e. The Bertz CT molecular complexity index is 1340. The number of halogens is 3. The summed E-state index contributed by atoms with van der Waals surface area (Å²) >= 11 is 5.58. The van der Waals surface area contributed by atoms with Crippen LogP contribution in [0, 0.1) is 0 Å². The Labute approximate surface area is 225 Å². The zero-order valence-electron chi connectivity index (χ0n) is 20.6. The molecule has 1 aliphatic heterocycles. The summed E-state index contributed by atoms with van der Waals surface area (Å²) in [6.45, 7) is 2.12. The molecule has 1 fully saturated rings. The average Bonchev–Trinajstić information content (AvgIpc) is 3.30. The van der Waals surface area contributed by atoms with E-state index in [9.17, 15) is 27.9 Å². The smallest absolute Gasteiger partial charge is 0.539 e. The first-order valence-electron chi connectivity index (χ1n) is 11.5. The van der Waals surface area contributed by atoms with E-state index in [4.69, 9.17) is 17.0 Å². The number of benzene rings is 2. The molecule has 0 spiro atoms. The van der Waals surface area contributed by atoms with Gasteiger partial charge in [-0.1, -0.05) is 4.68 Å². The molecular formula is C24H22F3N5O6S. The molecule has 0 bridgehead atoms. The Balaban J connectivity index is 1.55. The van der Waals surface area contributed by atoms with Crippen molar-refractivity contribution in [3.63, 3.8) is 0 Å². The van der Waals surface area contributed by atoms with E-state index in [0.717, 1.165) is 12.1 Å². The Morgan fingerprint density at radius 1 is 1.18 bits per heavy atom. The normalized spacial score (nSPS) is 15.6. The van der Waals surface area contributed by atoms with Gasteiger partial charge in [-0.15, -0.1) is 13.2 Å². The number of nitrogens with zero attached hydrogens (tertiary/aromatic N) is 4. The highest BCUT2D eigenvalue weighted by molar-refractivity contribution is 7.80. The van der Waals surface area contributed by atoms with E-state index in [1.54, 1.807) is 24.3 Å². The van der Waals surface area contributed by atoms with Crippen LogP contribution in [0.5, 0.6) is 17.4 Å². The number of rotatable bonds is 9. The predicted octanol–water partition coefficient (Wildman–Crippen LogP) is 2.40. The number of aromatic nitrogens is 2. The first-order chi connectivity index (χ1) is 18.5. The Morgan fingerprint density at radius 3 is 2.38 bits per heavy atom. The minimum absolute atomic E-state index is 0.0520. The Morgan fingerprint density at radius 2 is 1.82 bits per heavy atom. The molecule has 1 unspecified atom stereocenters. The molecule has 2 amide bonds. The van der Waals surface area contributed by atoms with Gasteiger partial charge in [-0.25, -0.2) is 0 Å². The summed E-state index contributed by atoms with van der Waals surface area (Å²) < 4.78 is 52.3. The maximum Gasteiger partial charge on any atom is 0.573 e. The number of nitrogens with one attached hydrogen (secondary N) is 1. The SMILES string of the molecule is CCOc1ccc(N2C(=O)C(CC(=O)Nc3ccc(OC(F)(F)F)cc3)N(Cc3c([O-])on[n+]3C)C2=S)cc1. The molecule has 11 nitrogen and oxygen atoms in total. The summed E-state index contributed by atoms with van der Waals surface area (Å²) in [7, 11) is 1.49. The van der Waals surface area contributed by atoms with Crippen LogP contribution in [0.4, 0.5) is 24.5 Å². The number of amides is 2. The number of carbonyl (C=O) groups excluding carboxylic acids is 2. The molecule has 0 radical (unpaired) electrons. The number of hydrogen-bond donors (Lipinski definition) is 1. The zero-order chi connectivity index (χ0) is 28.3. The lowest BCUT2D eigenvalue weighted by atomic mass is 10.1. The van der Waals surface area contributed by atoms with Crippen molar-refractivity contribution in [3.8, 4) is 17.4 Å². The van der Waals surface area contributed by atoms with E-state index < -0.39 is 35.9 Å². The fourth-order valence-electron chi connectivity index (χ4n) is 3.90. The molecule has 3 aromatic rings. The standard InChI is InChI=1S/C24H22F3N5O6S/c1-3-36-16-10-6-15(7-11-16)32-21(34)18(31(23(32)39)13-19-22(35)38-29-30(19)2)12-20(33)28-14-4-8-17(9-5-14)37-24(25,26)27/h4-11,18H,3,12-13H2,1-2H3,(H-,28,29,33,35). The maximum atomic E-state index is 13.5. The van der Waals surface area contributed by atoms with Crippen molar-refractivity contribution < 1.29 is 46.5 Å². The lowest BCUT2D eigenvalue weighted by molar-refractivity contribution is -0.746. The van der Waals surface area contributed by atoms with Gasteiger partial charge in [0.1, 0.15) is 24.1 Å². The second-order valence-electron chi connectivity index (χ2n) is 8.28. The molecule has 0 saturated carbocycles. The van der Waals surface area contributed by atoms with Crippen LogP contribution < -0.4 is 29.5 Å². The van der Waals surface area contributed by atoms with E-state index in [1.165, 1.54) is 33.7 Å². The van der Waals surface area contributed by atoms with Crippen molar-refractivity contribution >= 4 is 40.5 Å². The van der Waals surface area contributed by atoms with E-state index in [2.05, 4.69) is 19.8 Å². The Kier molecular flexibility index (Phi) is 7.90. The van der Waals surface area contributed by atoms with Crippen molar-refractivity contribution in [2.24, 2.45) is 7.05 Å². The molecule has 15 heteroatoms. The molecule has 2 heterocycles. The van der Waals surface area contributed by atoms with Gasteiger partial charge in [-0.3, -0.25) is 14.5 Å². The van der Waals surface area contributed by atoms with Gasteiger partial charge in [0.05, 0.1) is 24.0 Å². The molecule has 39 heavy (non-hydrogen) atoms. The van der Waals surface area contributed by atoms with Gasteiger partial charge >= 0.3 is 6.36 Å². The van der Waals surface area contributed by atoms with Crippen molar-refractivity contribution in [3.05, 3.63) is 54.2 Å². The maximum absolute atomic E-state index is 13.5. The number of alkyl halides is 3. The highest BCUT2D eigenvalue weighted by Crippen LogP contribution is 2.31. The third-order valence-corrected chi connectivity index (χ3v) is 6.08. The van der Waals surface area contributed by atoms with Gasteiger partial charge in [0.15, 0.2) is 18.1 Å². The summed E-state index contributed by atoms with van der Waals surface area (Å²) in [5.74, 6) is -1.72. The van der Waals surface area contributed by atoms with Crippen LogP contribution in [0.25, 0.3) is 0 Å². The summed E-state index contributed by atoms with van der Waals surface area (Å²) in [5, 5.41) is 18.3. The lowest BCUT2D eigenvalue weighted by Gasteiger charge is -2.22. The van der Waals surface area contributed by atoms with Crippen molar-refractivity contribution in [2.45, 2.75) is 32.3 Å². The summed E-state index contributed by atoms with van der Waals surface area (Å²) in [6.07, 6.45) is -5.23. The van der Waals surface area contributed by atoms with Gasteiger partial charge in [-0.2, -0.15) is 0 Å². The van der Waals surface area contributed by atoms with Crippen molar-refractivity contribution in [2.75, 3.05) is 16.8 Å². The first-order valence-corrected chi connectivity index (χ1v) is 11.9. The number of hydrogen-bond acceptors (Lipinski definition) is 8. The average molecular weight is 566 g/mol. The van der Waals surface area contributed by atoms with Crippen LogP contribution in [0.3, 0.4) is 0 Å². The topological polar surface area (TPSA) is 124 Å². The van der Waals surface area contributed by atoms with Crippen LogP contribution in [0.2, 0.25) is 0 Å². The highest BCUT2D eigenvalue weighted by Gasteiger charge is 2.45. The van der Waals surface area contributed by atoms with Crippen LogP contribution in [-0.4, -0.2) is 46.1 Å². The molecule has 1 N–H and O–H groups in total. The summed E-state index contributed by atoms with van der Waals surface area (Å²) in [6, 6.07) is 10.0. The second kappa shape index (κ2) is 11.1. The molecule has 1 saturated heterocycles. The lowest BCUT2D eigenvalue weighted by Crippen LogP contribution is -2.42. The molecule has 1 atom stereocenters. The molecule has 4 rings (SSSR count). The highest BCUT2D eigenvalue weighted by atomic mass is 32.1. The number of carbonyl (C=O) groups is 2. The van der Waals surface area contributed by atoms with Gasteiger partial charge in [-0.05, 0) is 67.7 Å². The fourth-order valence-corrected chi connectivity index (χ4v) is 4.28. The van der Waals surface area contributed by atoms with Crippen LogP contribution >= 0.6 is 12.2 Å². The van der Waals surface area contributed by atoms with Crippen LogP contribution in [-0.2, 0) is 23.2 Å². The van der Waals surface area contributed by atoms with Gasteiger partial charge < -0.3 is 29.3 Å². The molecule has 206 valence electrons. The second-order valence-corrected chi connectivity index (χ2v) is 8.65. The van der Waals surface area contributed by atoms with Crippen LogP contribution in [0.15, 0.2) is 53.1 Å². The zero-order valence-corrected chi connectivity index (χ0v) is 21.4. The molecule has 0 aliphatic carbocycles. The third-order valence-electron chi connectivity index (χ3n) is 5.67. The van der Waals surface area contributed by atoms with Gasteiger partial charge in [0.2, 0.25) is 5.91 Å². The van der Waals surface area contributed by atoms with Crippen molar-refractivity contribution in [1.82, 2.24) is 10.2 Å². The van der Waals surface area contributed by atoms with E-state index in [0.29, 0.717) is 18.0 Å². The molecule has 2 aromatic carbocycles. The third kappa shape index (κ3) is 6.37. The summed E-state index contributed by atoms with van der Waals surface area (Å²) in [5.41, 5.74) is 0.716.